The lowest BCUT2D eigenvalue weighted by Crippen LogP contribution is -2.30. The van der Waals surface area contributed by atoms with E-state index in [0.717, 1.165) is 19.0 Å². The van der Waals surface area contributed by atoms with Gasteiger partial charge in [-0.05, 0) is 46.9 Å². The molecule has 0 spiro atoms. The van der Waals surface area contributed by atoms with Crippen molar-refractivity contribution in [1.29, 1.82) is 0 Å². The maximum atomic E-state index is 3.57. The summed E-state index contributed by atoms with van der Waals surface area (Å²) < 4.78 is 0. The Morgan fingerprint density at radius 1 is 0.842 bits per heavy atom. The van der Waals surface area contributed by atoms with Crippen LogP contribution in [-0.2, 0) is 13.0 Å². The van der Waals surface area contributed by atoms with Crippen LogP contribution < -0.4 is 5.32 Å². The second kappa shape index (κ2) is 4.50. The molecule has 96 valence electrons. The zero-order valence-corrected chi connectivity index (χ0v) is 11.1. The van der Waals surface area contributed by atoms with E-state index in [9.17, 15) is 0 Å². The first-order chi connectivity index (χ1) is 9.42. The van der Waals surface area contributed by atoms with Crippen molar-refractivity contribution < 1.29 is 0 Å². The summed E-state index contributed by atoms with van der Waals surface area (Å²) in [6.07, 6.45) is 2.57. The first-order valence-corrected chi connectivity index (χ1v) is 7.28. The van der Waals surface area contributed by atoms with Crippen LogP contribution in [0.1, 0.15) is 40.5 Å². The average molecular weight is 249 g/mol. The van der Waals surface area contributed by atoms with Gasteiger partial charge in [0.1, 0.15) is 0 Å². The van der Waals surface area contributed by atoms with Crippen molar-refractivity contribution in [2.24, 2.45) is 0 Å². The van der Waals surface area contributed by atoms with Gasteiger partial charge in [0.25, 0.3) is 0 Å². The molecule has 2 atom stereocenters. The first kappa shape index (κ1) is 11.2. The number of hydrogen-bond acceptors (Lipinski definition) is 1. The van der Waals surface area contributed by atoms with Crippen molar-refractivity contribution in [3.63, 3.8) is 0 Å². The number of fused-ring (bicyclic) bond motifs is 2. The molecule has 2 unspecified atom stereocenters. The topological polar surface area (TPSA) is 12.0 Å². The van der Waals surface area contributed by atoms with Gasteiger partial charge in [0.2, 0.25) is 0 Å². The second-order valence-corrected chi connectivity index (χ2v) is 5.86. The van der Waals surface area contributed by atoms with Crippen molar-refractivity contribution in [1.82, 2.24) is 5.32 Å². The van der Waals surface area contributed by atoms with Crippen molar-refractivity contribution in [2.45, 2.75) is 31.2 Å². The van der Waals surface area contributed by atoms with Crippen LogP contribution in [-0.4, -0.2) is 6.54 Å². The molecule has 1 aliphatic carbocycles. The highest BCUT2D eigenvalue weighted by Crippen LogP contribution is 2.42. The molecule has 0 aromatic heterocycles. The third kappa shape index (κ3) is 1.89. The van der Waals surface area contributed by atoms with Gasteiger partial charge in [-0.15, -0.1) is 0 Å². The third-order valence-corrected chi connectivity index (χ3v) is 4.73. The zero-order valence-electron chi connectivity index (χ0n) is 11.1. The molecule has 2 aromatic carbocycles. The van der Waals surface area contributed by atoms with E-state index < -0.39 is 0 Å². The summed E-state index contributed by atoms with van der Waals surface area (Å²) in [7, 11) is 0. The molecule has 1 N–H and O–H groups in total. The van der Waals surface area contributed by atoms with Gasteiger partial charge in [-0.1, -0.05) is 48.5 Å². The maximum absolute atomic E-state index is 3.57. The average Bonchev–Trinajstić information content (AvgIpc) is 2.45. The molecule has 19 heavy (non-hydrogen) atoms. The van der Waals surface area contributed by atoms with Crippen molar-refractivity contribution in [3.05, 3.63) is 70.8 Å². The summed E-state index contributed by atoms with van der Waals surface area (Å²) >= 11 is 0. The fourth-order valence-electron chi connectivity index (χ4n) is 3.71. The van der Waals surface area contributed by atoms with Gasteiger partial charge in [-0.3, -0.25) is 0 Å². The number of hydrogen-bond donors (Lipinski definition) is 1. The highest BCUT2D eigenvalue weighted by molar-refractivity contribution is 5.41. The largest absolute Gasteiger partial charge is 0.312 e. The second-order valence-electron chi connectivity index (χ2n) is 5.86. The van der Waals surface area contributed by atoms with Crippen molar-refractivity contribution >= 4 is 0 Å². The Labute approximate surface area is 114 Å². The minimum atomic E-state index is 0.684. The molecular weight excluding hydrogens is 230 g/mol. The lowest BCUT2D eigenvalue weighted by atomic mass is 9.71. The monoisotopic (exact) mass is 249 g/mol. The molecule has 2 aliphatic rings. The summed E-state index contributed by atoms with van der Waals surface area (Å²) in [5.74, 6) is 1.46. The molecule has 0 amide bonds. The summed E-state index contributed by atoms with van der Waals surface area (Å²) in [6.45, 7) is 2.17. The van der Waals surface area contributed by atoms with Crippen LogP contribution in [0.25, 0.3) is 0 Å². The van der Waals surface area contributed by atoms with Gasteiger partial charge < -0.3 is 5.32 Å². The lowest BCUT2D eigenvalue weighted by Gasteiger charge is -2.35. The van der Waals surface area contributed by atoms with E-state index in [1.807, 2.05) is 0 Å². The molecule has 1 aliphatic heterocycles. The predicted octanol–water partition coefficient (Wildman–Crippen LogP) is 3.60. The Balaban J connectivity index is 1.57. The molecule has 0 radical (unpaired) electrons. The lowest BCUT2D eigenvalue weighted by molar-refractivity contribution is 0.445. The predicted molar refractivity (Wildman–Crippen MR) is 78.4 cm³/mol. The number of nitrogens with one attached hydrogen (secondary N) is 1. The van der Waals surface area contributed by atoms with Crippen LogP contribution in [0.15, 0.2) is 48.5 Å². The normalized spacial score (nSPS) is 24.2. The Bertz CT molecular complexity index is 602. The zero-order chi connectivity index (χ0) is 12.7. The minimum Gasteiger partial charge on any atom is -0.312 e. The van der Waals surface area contributed by atoms with E-state index in [1.165, 1.54) is 18.4 Å². The summed E-state index contributed by atoms with van der Waals surface area (Å²) in [5, 5.41) is 3.57. The molecule has 2 aromatic rings. The summed E-state index contributed by atoms with van der Waals surface area (Å²) in [5.41, 5.74) is 6.21. The molecule has 1 heterocycles. The minimum absolute atomic E-state index is 0.684. The van der Waals surface area contributed by atoms with Crippen LogP contribution >= 0.6 is 0 Å². The van der Waals surface area contributed by atoms with E-state index in [1.54, 1.807) is 16.7 Å². The smallest absolute Gasteiger partial charge is 0.0208 e. The fraction of sp³-hybridized carbons (Fsp3) is 0.333. The molecule has 0 bridgehead atoms. The Morgan fingerprint density at radius 3 is 2.32 bits per heavy atom. The molecule has 1 nitrogen and oxygen atoms in total. The molecule has 1 heteroatoms. The van der Waals surface area contributed by atoms with Gasteiger partial charge in [0.15, 0.2) is 0 Å². The van der Waals surface area contributed by atoms with Crippen molar-refractivity contribution in [2.75, 3.05) is 6.54 Å². The highest BCUT2D eigenvalue weighted by atomic mass is 14.9. The first-order valence-electron chi connectivity index (χ1n) is 7.28. The standard InChI is InChI=1S/C18H19N/c1-3-7-17-13(5-1)9-15(17)10-16-12-19-11-14-6-2-4-8-18(14)16/h1-8,15-16,19H,9-12H2. The van der Waals surface area contributed by atoms with Gasteiger partial charge in [-0.2, -0.15) is 0 Å². The maximum Gasteiger partial charge on any atom is 0.0208 e. The van der Waals surface area contributed by atoms with Gasteiger partial charge in [-0.25, -0.2) is 0 Å². The molecule has 0 saturated heterocycles. The van der Waals surface area contributed by atoms with Gasteiger partial charge >= 0.3 is 0 Å². The van der Waals surface area contributed by atoms with Crippen LogP contribution in [0.5, 0.6) is 0 Å². The summed E-state index contributed by atoms with van der Waals surface area (Å²) in [4.78, 5) is 0. The molecule has 0 fully saturated rings. The SMILES string of the molecule is c1ccc2c(c1)CNCC2CC1Cc2ccccc21. The highest BCUT2D eigenvalue weighted by Gasteiger charge is 2.30. The Kier molecular flexibility index (Phi) is 2.66. The van der Waals surface area contributed by atoms with Crippen LogP contribution in [0.3, 0.4) is 0 Å². The summed E-state index contributed by atoms with van der Waals surface area (Å²) in [6, 6.07) is 17.9. The van der Waals surface area contributed by atoms with E-state index in [2.05, 4.69) is 53.8 Å². The number of rotatable bonds is 2. The molecular formula is C18H19N. The van der Waals surface area contributed by atoms with E-state index in [0.29, 0.717) is 5.92 Å². The van der Waals surface area contributed by atoms with Crippen LogP contribution in [0, 0.1) is 0 Å². The Morgan fingerprint density at radius 2 is 1.53 bits per heavy atom. The van der Waals surface area contributed by atoms with Crippen LogP contribution in [0.2, 0.25) is 0 Å². The molecule has 4 rings (SSSR count). The van der Waals surface area contributed by atoms with E-state index in [-0.39, 0.29) is 0 Å². The Hall–Kier alpha value is -1.60. The quantitative estimate of drug-likeness (QED) is 0.857. The third-order valence-electron chi connectivity index (χ3n) is 4.73. The van der Waals surface area contributed by atoms with E-state index in [4.69, 9.17) is 0 Å². The number of benzene rings is 2. The molecule has 0 saturated carbocycles. The fourth-order valence-corrected chi connectivity index (χ4v) is 3.71. The van der Waals surface area contributed by atoms with Gasteiger partial charge in [0, 0.05) is 13.1 Å². The van der Waals surface area contributed by atoms with Crippen molar-refractivity contribution in [3.8, 4) is 0 Å². The van der Waals surface area contributed by atoms with Gasteiger partial charge in [0.05, 0.1) is 0 Å². The van der Waals surface area contributed by atoms with E-state index >= 15 is 0 Å². The van der Waals surface area contributed by atoms with Crippen LogP contribution in [0.4, 0.5) is 0 Å².